The first-order valence-corrected chi connectivity index (χ1v) is 8.72. The highest BCUT2D eigenvalue weighted by molar-refractivity contribution is 6.03. The largest absolute Gasteiger partial charge is 0.448 e. The lowest BCUT2D eigenvalue weighted by atomic mass is 10.1. The Hall–Kier alpha value is -4.01. The minimum Gasteiger partial charge on any atom is -0.448 e. The Morgan fingerprint density at radius 2 is 1.69 bits per heavy atom. The van der Waals surface area contributed by atoms with E-state index in [9.17, 15) is 19.2 Å². The van der Waals surface area contributed by atoms with Gasteiger partial charge < -0.3 is 10.5 Å². The predicted molar refractivity (Wildman–Crippen MR) is 104 cm³/mol. The van der Waals surface area contributed by atoms with E-state index in [1.54, 1.807) is 24.3 Å². The van der Waals surface area contributed by atoms with Gasteiger partial charge in [-0.25, -0.2) is 14.3 Å². The highest BCUT2D eigenvalue weighted by atomic mass is 16.5. The SMILES string of the molecule is CC(OC(=O)c1nn(Cc2ccccc2)c(=O)c2ccccc12)C(=O)NC(N)=O. The average molecular weight is 394 g/mol. The maximum atomic E-state index is 12.8. The number of hydrogen-bond acceptors (Lipinski definition) is 6. The zero-order chi connectivity index (χ0) is 21.0. The van der Waals surface area contributed by atoms with E-state index in [2.05, 4.69) is 5.10 Å². The predicted octanol–water partition coefficient (Wildman–Crippen LogP) is 1.18. The molecule has 1 unspecified atom stereocenters. The number of carbonyl (C=O) groups is 3. The van der Waals surface area contributed by atoms with Gasteiger partial charge in [0.2, 0.25) is 0 Å². The van der Waals surface area contributed by atoms with Crippen molar-refractivity contribution in [3.05, 3.63) is 76.2 Å². The molecule has 0 aliphatic heterocycles. The molecule has 1 heterocycles. The van der Waals surface area contributed by atoms with Gasteiger partial charge in [-0.05, 0) is 18.6 Å². The fourth-order valence-electron chi connectivity index (χ4n) is 2.74. The number of hydrogen-bond donors (Lipinski definition) is 2. The van der Waals surface area contributed by atoms with Crippen molar-refractivity contribution in [2.24, 2.45) is 5.73 Å². The Labute approximate surface area is 165 Å². The lowest BCUT2D eigenvalue weighted by molar-refractivity contribution is -0.127. The number of aromatic nitrogens is 2. The molecule has 0 spiro atoms. The number of ether oxygens (including phenoxy) is 1. The Morgan fingerprint density at radius 1 is 1.07 bits per heavy atom. The Kier molecular flexibility index (Phi) is 5.68. The third kappa shape index (κ3) is 4.46. The summed E-state index contributed by atoms with van der Waals surface area (Å²) in [5.41, 5.74) is 5.24. The Balaban J connectivity index is 1.99. The Morgan fingerprint density at radius 3 is 2.34 bits per heavy atom. The van der Waals surface area contributed by atoms with E-state index in [0.29, 0.717) is 10.8 Å². The van der Waals surface area contributed by atoms with Crippen LogP contribution in [0.2, 0.25) is 0 Å². The minimum atomic E-state index is -1.29. The Bertz CT molecular complexity index is 1140. The number of nitrogens with one attached hydrogen (secondary N) is 1. The van der Waals surface area contributed by atoms with Crippen LogP contribution in [0.25, 0.3) is 10.8 Å². The van der Waals surface area contributed by atoms with Crippen molar-refractivity contribution in [1.82, 2.24) is 15.1 Å². The first-order chi connectivity index (χ1) is 13.9. The van der Waals surface area contributed by atoms with Gasteiger partial charge in [0.25, 0.3) is 11.5 Å². The molecule has 9 nitrogen and oxygen atoms in total. The molecule has 0 bridgehead atoms. The van der Waals surface area contributed by atoms with Crippen molar-refractivity contribution in [1.29, 1.82) is 0 Å². The number of amides is 3. The molecule has 3 rings (SSSR count). The molecular weight excluding hydrogens is 376 g/mol. The summed E-state index contributed by atoms with van der Waals surface area (Å²) in [5, 5.41) is 6.60. The summed E-state index contributed by atoms with van der Waals surface area (Å²) < 4.78 is 6.28. The quantitative estimate of drug-likeness (QED) is 0.624. The summed E-state index contributed by atoms with van der Waals surface area (Å²) in [7, 11) is 0. The number of esters is 1. The molecule has 2 aromatic carbocycles. The van der Waals surface area contributed by atoms with Gasteiger partial charge in [0.05, 0.1) is 11.9 Å². The molecule has 3 aromatic rings. The smallest absolute Gasteiger partial charge is 0.360 e. The van der Waals surface area contributed by atoms with Crippen LogP contribution in [0.3, 0.4) is 0 Å². The van der Waals surface area contributed by atoms with Gasteiger partial charge >= 0.3 is 12.0 Å². The van der Waals surface area contributed by atoms with Crippen LogP contribution in [0.1, 0.15) is 23.0 Å². The molecular formula is C20H18N4O5. The monoisotopic (exact) mass is 394 g/mol. The number of nitrogens with two attached hydrogens (primary N) is 1. The molecule has 0 saturated heterocycles. The molecule has 0 aliphatic carbocycles. The van der Waals surface area contributed by atoms with Crippen LogP contribution in [0.5, 0.6) is 0 Å². The summed E-state index contributed by atoms with van der Waals surface area (Å²) in [5.74, 6) is -1.78. The van der Waals surface area contributed by atoms with E-state index in [-0.39, 0.29) is 17.8 Å². The standard InChI is InChI=1S/C20H18N4O5/c1-12(17(25)22-20(21)28)29-19(27)16-14-9-5-6-10-15(14)18(26)24(23-16)11-13-7-3-2-4-8-13/h2-10,12H,11H2,1H3,(H3,21,22,25,28). The van der Waals surface area contributed by atoms with Crippen LogP contribution < -0.4 is 16.6 Å². The first kappa shape index (κ1) is 19.7. The zero-order valence-electron chi connectivity index (χ0n) is 15.5. The number of fused-ring (bicyclic) bond motifs is 1. The lowest BCUT2D eigenvalue weighted by Crippen LogP contribution is -2.42. The van der Waals surface area contributed by atoms with Crippen molar-refractivity contribution in [3.63, 3.8) is 0 Å². The van der Waals surface area contributed by atoms with Crippen molar-refractivity contribution < 1.29 is 19.1 Å². The zero-order valence-corrected chi connectivity index (χ0v) is 15.5. The molecule has 9 heteroatoms. The van der Waals surface area contributed by atoms with Gasteiger partial charge in [0.1, 0.15) is 0 Å². The maximum Gasteiger partial charge on any atom is 0.360 e. The van der Waals surface area contributed by atoms with Gasteiger partial charge in [-0.3, -0.25) is 14.9 Å². The second-order valence-corrected chi connectivity index (χ2v) is 6.24. The van der Waals surface area contributed by atoms with E-state index in [0.717, 1.165) is 5.56 Å². The topological polar surface area (TPSA) is 133 Å². The number of carbonyl (C=O) groups excluding carboxylic acids is 3. The highest BCUT2D eigenvalue weighted by Gasteiger charge is 2.24. The molecule has 29 heavy (non-hydrogen) atoms. The first-order valence-electron chi connectivity index (χ1n) is 8.72. The van der Waals surface area contributed by atoms with E-state index in [1.807, 2.05) is 35.6 Å². The number of primary amides is 1. The summed E-state index contributed by atoms with van der Waals surface area (Å²) in [4.78, 5) is 48.1. The van der Waals surface area contributed by atoms with Crippen LogP contribution in [-0.4, -0.2) is 33.8 Å². The molecule has 1 atom stereocenters. The molecule has 0 saturated carbocycles. The molecule has 3 amide bonds. The van der Waals surface area contributed by atoms with Crippen LogP contribution >= 0.6 is 0 Å². The number of imide groups is 1. The fourth-order valence-corrected chi connectivity index (χ4v) is 2.74. The van der Waals surface area contributed by atoms with Crippen molar-refractivity contribution in [3.8, 4) is 0 Å². The van der Waals surface area contributed by atoms with Crippen molar-refractivity contribution in [2.45, 2.75) is 19.6 Å². The van der Waals surface area contributed by atoms with Crippen LogP contribution in [0.15, 0.2) is 59.4 Å². The normalized spacial score (nSPS) is 11.6. The third-order valence-electron chi connectivity index (χ3n) is 4.14. The van der Waals surface area contributed by atoms with Gasteiger partial charge in [0.15, 0.2) is 11.8 Å². The minimum absolute atomic E-state index is 0.116. The van der Waals surface area contributed by atoms with E-state index in [1.165, 1.54) is 11.6 Å². The summed E-state index contributed by atoms with van der Waals surface area (Å²) in [6, 6.07) is 14.6. The number of rotatable bonds is 5. The molecule has 0 fully saturated rings. The van der Waals surface area contributed by atoms with Crippen molar-refractivity contribution >= 4 is 28.7 Å². The van der Waals surface area contributed by atoms with Gasteiger partial charge in [-0.15, -0.1) is 0 Å². The van der Waals surface area contributed by atoms with Crippen LogP contribution in [0, 0.1) is 0 Å². The summed E-state index contributed by atoms with van der Waals surface area (Å²) in [6.07, 6.45) is -1.29. The van der Waals surface area contributed by atoms with E-state index >= 15 is 0 Å². The molecule has 0 radical (unpaired) electrons. The van der Waals surface area contributed by atoms with Gasteiger partial charge in [-0.1, -0.05) is 48.5 Å². The lowest BCUT2D eigenvalue weighted by Gasteiger charge is -2.14. The second-order valence-electron chi connectivity index (χ2n) is 6.24. The highest BCUT2D eigenvalue weighted by Crippen LogP contribution is 2.15. The van der Waals surface area contributed by atoms with E-state index < -0.39 is 24.0 Å². The average Bonchev–Trinajstić information content (AvgIpc) is 2.70. The van der Waals surface area contributed by atoms with Gasteiger partial charge in [-0.2, -0.15) is 5.10 Å². The van der Waals surface area contributed by atoms with Gasteiger partial charge in [0, 0.05) is 5.39 Å². The molecule has 3 N–H and O–H groups in total. The summed E-state index contributed by atoms with van der Waals surface area (Å²) >= 11 is 0. The maximum absolute atomic E-state index is 12.8. The molecule has 0 aliphatic rings. The van der Waals surface area contributed by atoms with Crippen LogP contribution in [0.4, 0.5) is 4.79 Å². The fraction of sp³-hybridized carbons (Fsp3) is 0.150. The van der Waals surface area contributed by atoms with E-state index in [4.69, 9.17) is 10.5 Å². The molecule has 1 aromatic heterocycles. The number of urea groups is 1. The van der Waals surface area contributed by atoms with Crippen LogP contribution in [-0.2, 0) is 16.1 Å². The third-order valence-corrected chi connectivity index (χ3v) is 4.14. The number of benzene rings is 2. The van der Waals surface area contributed by atoms with Crippen molar-refractivity contribution in [2.75, 3.05) is 0 Å². The number of nitrogens with zero attached hydrogens (tertiary/aromatic N) is 2. The summed E-state index contributed by atoms with van der Waals surface area (Å²) in [6.45, 7) is 1.45. The molecule has 148 valence electrons. The second kappa shape index (κ2) is 8.34.